The predicted octanol–water partition coefficient (Wildman–Crippen LogP) is 7.89. The van der Waals surface area contributed by atoms with Crippen molar-refractivity contribution in [2.24, 2.45) is 0 Å². The highest BCUT2D eigenvalue weighted by atomic mass is 14.9. The Morgan fingerprint density at radius 1 is 0.636 bits per heavy atom. The highest BCUT2D eigenvalue weighted by Gasteiger charge is 2.35. The molecule has 0 bridgehead atoms. The number of benzene rings is 4. The second-order valence-corrected chi connectivity index (χ2v) is 9.61. The summed E-state index contributed by atoms with van der Waals surface area (Å²) in [5.74, 6) is 0.779. The lowest BCUT2D eigenvalue weighted by molar-refractivity contribution is 0.660. The molecule has 1 aromatic heterocycles. The quantitative estimate of drug-likeness (QED) is 0.287. The van der Waals surface area contributed by atoms with Crippen LogP contribution in [0.1, 0.15) is 36.1 Å². The Kier molecular flexibility index (Phi) is 4.28. The van der Waals surface area contributed by atoms with Gasteiger partial charge in [-0.1, -0.05) is 86.6 Å². The van der Waals surface area contributed by atoms with Gasteiger partial charge in [-0.2, -0.15) is 0 Å². The number of nitrogens with zero attached hydrogens (tertiary/aromatic N) is 2. The number of rotatable bonds is 2. The minimum absolute atomic E-state index is 0.0474. The maximum Gasteiger partial charge on any atom is 0.160 e. The van der Waals surface area contributed by atoms with Crippen LogP contribution in [0.25, 0.3) is 44.7 Å². The van der Waals surface area contributed by atoms with Gasteiger partial charge >= 0.3 is 0 Å². The number of aryl methyl sites for hydroxylation is 2. The van der Waals surface area contributed by atoms with E-state index in [0.29, 0.717) is 0 Å². The molecule has 0 radical (unpaired) electrons. The van der Waals surface area contributed by atoms with Crippen LogP contribution in [0.3, 0.4) is 0 Å². The minimum Gasteiger partial charge on any atom is -0.228 e. The largest absolute Gasteiger partial charge is 0.228 e. The normalized spacial score (nSPS) is 13.7. The van der Waals surface area contributed by atoms with E-state index < -0.39 is 0 Å². The van der Waals surface area contributed by atoms with Crippen molar-refractivity contribution < 1.29 is 0 Å². The maximum absolute atomic E-state index is 5.17. The molecule has 6 rings (SSSR count). The third-order valence-electron chi connectivity index (χ3n) is 7.16. The Balaban J connectivity index is 1.60. The average Bonchev–Trinajstić information content (AvgIpc) is 3.05. The summed E-state index contributed by atoms with van der Waals surface area (Å²) in [5, 5.41) is 1.09. The second-order valence-electron chi connectivity index (χ2n) is 9.61. The van der Waals surface area contributed by atoms with Crippen LogP contribution < -0.4 is 0 Å². The van der Waals surface area contributed by atoms with Crippen molar-refractivity contribution >= 4 is 10.9 Å². The highest BCUT2D eigenvalue weighted by molar-refractivity contribution is 5.95. The molecule has 1 aliphatic carbocycles. The van der Waals surface area contributed by atoms with Crippen molar-refractivity contribution in [3.05, 3.63) is 107 Å². The zero-order chi connectivity index (χ0) is 22.7. The van der Waals surface area contributed by atoms with Crippen LogP contribution >= 0.6 is 0 Å². The van der Waals surface area contributed by atoms with Crippen LogP contribution in [0.15, 0.2) is 84.9 Å². The van der Waals surface area contributed by atoms with Crippen molar-refractivity contribution in [3.63, 3.8) is 0 Å². The van der Waals surface area contributed by atoms with Gasteiger partial charge < -0.3 is 0 Å². The lowest BCUT2D eigenvalue weighted by atomic mass is 9.82. The fraction of sp³-hybridized carbons (Fsp3) is 0.161. The Labute approximate surface area is 195 Å². The predicted molar refractivity (Wildman–Crippen MR) is 137 cm³/mol. The SMILES string of the molecule is Cc1cccc(C)c1-c1nc(-c2ccc3c(c2)C(C)(C)c2ccccc2-3)nc2ccccc12. The summed E-state index contributed by atoms with van der Waals surface area (Å²) < 4.78 is 0. The lowest BCUT2D eigenvalue weighted by Crippen LogP contribution is -2.15. The summed E-state index contributed by atoms with van der Waals surface area (Å²) in [4.78, 5) is 10.2. The van der Waals surface area contributed by atoms with Gasteiger partial charge in [0.2, 0.25) is 0 Å². The Morgan fingerprint density at radius 2 is 1.33 bits per heavy atom. The number of hydrogen-bond acceptors (Lipinski definition) is 2. The van der Waals surface area contributed by atoms with Gasteiger partial charge in [0.25, 0.3) is 0 Å². The first kappa shape index (κ1) is 19.9. The summed E-state index contributed by atoms with van der Waals surface area (Å²) in [7, 11) is 0. The molecule has 4 aromatic carbocycles. The van der Waals surface area contributed by atoms with Gasteiger partial charge in [-0.25, -0.2) is 9.97 Å². The molecule has 0 amide bonds. The molecule has 1 aliphatic rings. The van der Waals surface area contributed by atoms with E-state index in [1.54, 1.807) is 0 Å². The van der Waals surface area contributed by atoms with E-state index in [1.165, 1.54) is 38.9 Å². The van der Waals surface area contributed by atoms with Crippen molar-refractivity contribution in [1.29, 1.82) is 0 Å². The molecule has 0 N–H and O–H groups in total. The van der Waals surface area contributed by atoms with Crippen LogP contribution in [-0.4, -0.2) is 9.97 Å². The molecule has 0 fully saturated rings. The molecule has 5 aromatic rings. The number of para-hydroxylation sites is 1. The third kappa shape index (κ3) is 2.94. The standard InChI is InChI=1S/C31H26N2/c1-19-10-9-11-20(2)28(19)29-24-13-6-8-15-27(24)32-30(33-29)21-16-17-23-22-12-5-7-14-25(22)31(3,4)26(23)18-21/h5-18H,1-4H3. The molecule has 33 heavy (non-hydrogen) atoms. The van der Waals surface area contributed by atoms with E-state index in [4.69, 9.17) is 9.97 Å². The number of hydrogen-bond donors (Lipinski definition) is 0. The van der Waals surface area contributed by atoms with E-state index >= 15 is 0 Å². The van der Waals surface area contributed by atoms with Gasteiger partial charge in [0.1, 0.15) is 0 Å². The molecule has 2 heteroatoms. The summed E-state index contributed by atoms with van der Waals surface area (Å²) in [6.45, 7) is 8.94. The Bertz CT molecular complexity index is 1540. The van der Waals surface area contributed by atoms with Gasteiger partial charge in [0, 0.05) is 21.9 Å². The molecule has 0 spiro atoms. The molecule has 0 aliphatic heterocycles. The third-order valence-corrected chi connectivity index (χ3v) is 7.16. The summed E-state index contributed by atoms with van der Waals surface area (Å²) in [6.07, 6.45) is 0. The van der Waals surface area contributed by atoms with Crippen LogP contribution in [0.5, 0.6) is 0 Å². The molecule has 0 saturated heterocycles. The molecule has 0 unspecified atom stereocenters. The van der Waals surface area contributed by atoms with Crippen molar-refractivity contribution in [3.8, 4) is 33.8 Å². The smallest absolute Gasteiger partial charge is 0.160 e. The number of fused-ring (bicyclic) bond motifs is 4. The van der Waals surface area contributed by atoms with Crippen LogP contribution in [0, 0.1) is 13.8 Å². The van der Waals surface area contributed by atoms with Crippen LogP contribution in [-0.2, 0) is 5.41 Å². The first-order chi connectivity index (χ1) is 15.9. The fourth-order valence-electron chi connectivity index (χ4n) is 5.43. The zero-order valence-corrected chi connectivity index (χ0v) is 19.5. The topological polar surface area (TPSA) is 25.8 Å². The van der Waals surface area contributed by atoms with Gasteiger partial charge in [-0.05, 0) is 59.4 Å². The Hall–Kier alpha value is -3.78. The van der Waals surface area contributed by atoms with E-state index in [2.05, 4.69) is 113 Å². The van der Waals surface area contributed by atoms with Gasteiger partial charge in [0.05, 0.1) is 11.2 Å². The average molecular weight is 427 g/mol. The van der Waals surface area contributed by atoms with E-state index in [-0.39, 0.29) is 5.41 Å². The molecular weight excluding hydrogens is 400 g/mol. The van der Waals surface area contributed by atoms with Gasteiger partial charge in [0.15, 0.2) is 5.82 Å². The molecule has 2 nitrogen and oxygen atoms in total. The van der Waals surface area contributed by atoms with Crippen LogP contribution in [0.2, 0.25) is 0 Å². The van der Waals surface area contributed by atoms with Crippen molar-refractivity contribution in [2.45, 2.75) is 33.1 Å². The first-order valence-corrected chi connectivity index (χ1v) is 11.5. The molecule has 0 saturated carbocycles. The van der Waals surface area contributed by atoms with Crippen molar-refractivity contribution in [1.82, 2.24) is 9.97 Å². The molecule has 1 heterocycles. The molecule has 160 valence electrons. The van der Waals surface area contributed by atoms with E-state index in [9.17, 15) is 0 Å². The highest BCUT2D eigenvalue weighted by Crippen LogP contribution is 2.49. The fourth-order valence-corrected chi connectivity index (χ4v) is 5.43. The first-order valence-electron chi connectivity index (χ1n) is 11.5. The monoisotopic (exact) mass is 426 g/mol. The number of aromatic nitrogens is 2. The summed E-state index contributed by atoms with van der Waals surface area (Å²) in [6, 6.07) is 30.2. The minimum atomic E-state index is -0.0474. The van der Waals surface area contributed by atoms with E-state index in [0.717, 1.165) is 28.0 Å². The Morgan fingerprint density at radius 3 is 2.15 bits per heavy atom. The van der Waals surface area contributed by atoms with E-state index in [1.807, 2.05) is 0 Å². The summed E-state index contributed by atoms with van der Waals surface area (Å²) in [5.41, 5.74) is 12.0. The van der Waals surface area contributed by atoms with Gasteiger partial charge in [-0.3, -0.25) is 0 Å². The van der Waals surface area contributed by atoms with Crippen LogP contribution in [0.4, 0.5) is 0 Å². The molecular formula is C31H26N2. The zero-order valence-electron chi connectivity index (χ0n) is 19.5. The molecule has 0 atom stereocenters. The second kappa shape index (κ2) is 7.11. The lowest BCUT2D eigenvalue weighted by Gasteiger charge is -2.22. The summed E-state index contributed by atoms with van der Waals surface area (Å²) >= 11 is 0. The van der Waals surface area contributed by atoms with Gasteiger partial charge in [-0.15, -0.1) is 0 Å². The maximum atomic E-state index is 5.17. The van der Waals surface area contributed by atoms with Crippen molar-refractivity contribution in [2.75, 3.05) is 0 Å².